The zero-order valence-electron chi connectivity index (χ0n) is 15.8. The highest BCUT2D eigenvalue weighted by molar-refractivity contribution is 6.03. The number of hydrogen-bond donors (Lipinski definition) is 2. The first-order valence-corrected chi connectivity index (χ1v) is 9.26. The second-order valence-corrected chi connectivity index (χ2v) is 6.40. The molecule has 0 unspecified atom stereocenters. The third-order valence-corrected chi connectivity index (χ3v) is 4.23. The van der Waals surface area contributed by atoms with Crippen LogP contribution in [0.3, 0.4) is 0 Å². The van der Waals surface area contributed by atoms with Crippen LogP contribution in [0.2, 0.25) is 0 Å². The molecule has 144 valence electrons. The quantitative estimate of drug-likeness (QED) is 0.609. The second-order valence-electron chi connectivity index (χ2n) is 6.40. The van der Waals surface area contributed by atoms with E-state index in [0.29, 0.717) is 17.8 Å². The van der Waals surface area contributed by atoms with E-state index in [4.69, 9.17) is 5.26 Å². The number of nitriles is 1. The van der Waals surface area contributed by atoms with Crippen LogP contribution in [0.1, 0.15) is 38.5 Å². The zero-order valence-corrected chi connectivity index (χ0v) is 15.8. The van der Waals surface area contributed by atoms with Gasteiger partial charge in [-0.05, 0) is 48.7 Å². The number of carbonyl (C=O) groups is 2. The summed E-state index contributed by atoms with van der Waals surface area (Å²) in [5.41, 5.74) is 2.47. The molecule has 1 aromatic heterocycles. The van der Waals surface area contributed by atoms with Gasteiger partial charge >= 0.3 is 0 Å². The van der Waals surface area contributed by atoms with Crippen molar-refractivity contribution in [3.05, 3.63) is 95.3 Å². The number of amides is 2. The Kier molecular flexibility index (Phi) is 6.69. The molecule has 6 heteroatoms. The van der Waals surface area contributed by atoms with Crippen molar-refractivity contribution in [2.45, 2.75) is 12.8 Å². The summed E-state index contributed by atoms with van der Waals surface area (Å²) >= 11 is 0. The molecule has 29 heavy (non-hydrogen) atoms. The number of anilines is 1. The van der Waals surface area contributed by atoms with Gasteiger partial charge in [-0.2, -0.15) is 5.26 Å². The van der Waals surface area contributed by atoms with Crippen LogP contribution in [-0.4, -0.2) is 23.3 Å². The van der Waals surface area contributed by atoms with E-state index in [0.717, 1.165) is 12.8 Å². The van der Waals surface area contributed by atoms with Crippen molar-refractivity contribution in [3.63, 3.8) is 0 Å². The Labute approximate surface area is 169 Å². The van der Waals surface area contributed by atoms with E-state index >= 15 is 0 Å². The summed E-state index contributed by atoms with van der Waals surface area (Å²) in [6.45, 7) is 0.521. The Morgan fingerprint density at radius 2 is 1.62 bits per heavy atom. The first-order chi connectivity index (χ1) is 14.2. The molecule has 0 saturated carbocycles. The molecule has 0 aliphatic rings. The maximum atomic E-state index is 12.4. The molecule has 0 aliphatic heterocycles. The number of nitrogens with zero attached hydrogens (tertiary/aromatic N) is 2. The normalized spacial score (nSPS) is 10.0. The van der Waals surface area contributed by atoms with Crippen molar-refractivity contribution in [1.29, 1.82) is 5.26 Å². The van der Waals surface area contributed by atoms with Gasteiger partial charge in [0, 0.05) is 12.2 Å². The van der Waals surface area contributed by atoms with Crippen LogP contribution in [0.25, 0.3) is 0 Å². The fourth-order valence-electron chi connectivity index (χ4n) is 2.78. The van der Waals surface area contributed by atoms with Crippen molar-refractivity contribution >= 4 is 17.5 Å². The minimum absolute atomic E-state index is 0.129. The van der Waals surface area contributed by atoms with Gasteiger partial charge in [0.15, 0.2) is 0 Å². The predicted octanol–water partition coefficient (Wildman–Crippen LogP) is 3.57. The molecule has 0 bridgehead atoms. The Bertz CT molecular complexity index is 1040. The molecule has 0 saturated heterocycles. The lowest BCUT2D eigenvalue weighted by Gasteiger charge is -2.08. The van der Waals surface area contributed by atoms with Crippen molar-refractivity contribution in [2.75, 3.05) is 11.9 Å². The summed E-state index contributed by atoms with van der Waals surface area (Å²) in [5, 5.41) is 14.5. The second kappa shape index (κ2) is 9.81. The van der Waals surface area contributed by atoms with E-state index < -0.39 is 5.91 Å². The van der Waals surface area contributed by atoms with Crippen molar-refractivity contribution < 1.29 is 9.59 Å². The molecule has 0 spiro atoms. The molecule has 0 radical (unpaired) electrons. The molecule has 3 rings (SSSR count). The van der Waals surface area contributed by atoms with Crippen molar-refractivity contribution in [3.8, 4) is 6.07 Å². The Morgan fingerprint density at radius 3 is 2.38 bits per heavy atom. The Morgan fingerprint density at radius 1 is 0.897 bits per heavy atom. The average Bonchev–Trinajstić information content (AvgIpc) is 2.77. The Balaban J connectivity index is 1.55. The average molecular weight is 384 g/mol. The number of carbonyl (C=O) groups excluding carboxylic acids is 2. The number of hydrogen-bond acceptors (Lipinski definition) is 4. The molecule has 0 atom stereocenters. The monoisotopic (exact) mass is 384 g/mol. The van der Waals surface area contributed by atoms with Crippen molar-refractivity contribution in [2.24, 2.45) is 0 Å². The molecule has 2 amide bonds. The van der Waals surface area contributed by atoms with E-state index in [1.54, 1.807) is 36.4 Å². The van der Waals surface area contributed by atoms with Gasteiger partial charge in [-0.15, -0.1) is 0 Å². The minimum Gasteiger partial charge on any atom is -0.351 e. The predicted molar refractivity (Wildman–Crippen MR) is 110 cm³/mol. The number of nitrogens with one attached hydrogen (secondary N) is 2. The van der Waals surface area contributed by atoms with E-state index in [-0.39, 0.29) is 17.3 Å². The summed E-state index contributed by atoms with van der Waals surface area (Å²) < 4.78 is 0. The van der Waals surface area contributed by atoms with Crippen LogP contribution in [-0.2, 0) is 6.42 Å². The summed E-state index contributed by atoms with van der Waals surface area (Å²) in [6.07, 6.45) is 1.68. The van der Waals surface area contributed by atoms with Gasteiger partial charge in [-0.1, -0.05) is 42.5 Å². The minimum atomic E-state index is -0.446. The van der Waals surface area contributed by atoms with Gasteiger partial charge in [0.05, 0.1) is 11.6 Å². The maximum Gasteiger partial charge on any atom is 0.274 e. The number of aromatic nitrogens is 1. The van der Waals surface area contributed by atoms with E-state index in [9.17, 15) is 9.59 Å². The molecule has 1 heterocycles. The molecular weight excluding hydrogens is 364 g/mol. The van der Waals surface area contributed by atoms with Crippen molar-refractivity contribution in [1.82, 2.24) is 10.3 Å². The van der Waals surface area contributed by atoms with Gasteiger partial charge in [-0.25, -0.2) is 4.98 Å². The number of benzene rings is 2. The highest BCUT2D eigenvalue weighted by atomic mass is 16.2. The van der Waals surface area contributed by atoms with Gasteiger partial charge < -0.3 is 10.6 Å². The number of rotatable bonds is 7. The SMILES string of the molecule is N#Cc1cccc(NC(=O)c2cccc(C(=O)NCCCc3ccccc3)n2)c1. The van der Waals surface area contributed by atoms with Gasteiger partial charge in [0.1, 0.15) is 11.4 Å². The fourth-order valence-corrected chi connectivity index (χ4v) is 2.78. The van der Waals surface area contributed by atoms with Crippen LogP contribution in [0.5, 0.6) is 0 Å². The summed E-state index contributed by atoms with van der Waals surface area (Å²) in [4.78, 5) is 28.9. The van der Waals surface area contributed by atoms with Gasteiger partial charge in [0.25, 0.3) is 11.8 Å². The zero-order chi connectivity index (χ0) is 20.5. The van der Waals surface area contributed by atoms with Crippen LogP contribution < -0.4 is 10.6 Å². The summed E-state index contributed by atoms with van der Waals surface area (Å²) in [7, 11) is 0. The largest absolute Gasteiger partial charge is 0.351 e. The summed E-state index contributed by atoms with van der Waals surface area (Å²) in [6, 6.07) is 23.4. The number of pyridine rings is 1. The van der Waals surface area contributed by atoms with E-state index in [2.05, 4.69) is 27.8 Å². The molecule has 0 fully saturated rings. The molecule has 3 aromatic rings. The maximum absolute atomic E-state index is 12.4. The molecule has 0 aliphatic carbocycles. The molecular formula is C23H20N4O2. The third-order valence-electron chi connectivity index (χ3n) is 4.23. The standard InChI is InChI=1S/C23H20N4O2/c24-16-18-9-4-11-19(15-18)26-23(29)21-13-5-12-20(27-21)22(28)25-14-6-10-17-7-2-1-3-8-17/h1-5,7-9,11-13,15H,6,10,14H2,(H,25,28)(H,26,29). The first-order valence-electron chi connectivity index (χ1n) is 9.26. The lowest BCUT2D eigenvalue weighted by molar-refractivity contribution is 0.0948. The third kappa shape index (κ3) is 5.75. The summed E-state index contributed by atoms with van der Waals surface area (Å²) in [5.74, 6) is -0.766. The fraction of sp³-hybridized carbons (Fsp3) is 0.130. The smallest absolute Gasteiger partial charge is 0.274 e. The molecule has 6 nitrogen and oxygen atoms in total. The topological polar surface area (TPSA) is 94.9 Å². The highest BCUT2D eigenvalue weighted by Crippen LogP contribution is 2.11. The first kappa shape index (κ1) is 19.8. The lowest BCUT2D eigenvalue weighted by atomic mass is 10.1. The molecule has 2 N–H and O–H groups in total. The van der Waals surface area contributed by atoms with Crippen LogP contribution >= 0.6 is 0 Å². The van der Waals surface area contributed by atoms with E-state index in [1.807, 2.05) is 24.3 Å². The van der Waals surface area contributed by atoms with E-state index in [1.165, 1.54) is 11.6 Å². The van der Waals surface area contributed by atoms with Gasteiger partial charge in [-0.3, -0.25) is 9.59 Å². The lowest BCUT2D eigenvalue weighted by Crippen LogP contribution is -2.26. The van der Waals surface area contributed by atoms with Crippen LogP contribution in [0.15, 0.2) is 72.8 Å². The van der Waals surface area contributed by atoms with Gasteiger partial charge in [0.2, 0.25) is 0 Å². The Hall–Kier alpha value is -3.98. The van der Waals surface area contributed by atoms with Crippen LogP contribution in [0.4, 0.5) is 5.69 Å². The van der Waals surface area contributed by atoms with Crippen LogP contribution in [0, 0.1) is 11.3 Å². The molecule has 2 aromatic carbocycles. The highest BCUT2D eigenvalue weighted by Gasteiger charge is 2.12. The number of aryl methyl sites for hydroxylation is 1.